The molecule has 2 heterocycles. The van der Waals surface area contributed by atoms with Crippen molar-refractivity contribution in [3.63, 3.8) is 0 Å². The van der Waals surface area contributed by atoms with Gasteiger partial charge in [0.05, 0.1) is 30.5 Å². The molecule has 2 aliphatic heterocycles. The van der Waals surface area contributed by atoms with E-state index < -0.39 is 58.3 Å². The maximum Gasteiger partial charge on any atom is 0.441 e. The quantitative estimate of drug-likeness (QED) is 0.511. The number of nitriles is 1. The molecule has 0 N–H and O–H groups in total. The van der Waals surface area contributed by atoms with Crippen molar-refractivity contribution in [2.45, 2.75) is 30.7 Å². The zero-order valence-corrected chi connectivity index (χ0v) is 17.1. The molecule has 33 heavy (non-hydrogen) atoms. The molecule has 1 amide bonds. The third-order valence-corrected chi connectivity index (χ3v) is 5.78. The highest BCUT2D eigenvalue weighted by Crippen LogP contribution is 2.62. The topological polar surface area (TPSA) is 79.6 Å². The zero-order valence-electron chi connectivity index (χ0n) is 17.1. The summed E-state index contributed by atoms with van der Waals surface area (Å²) in [7, 11) is 0. The summed E-state index contributed by atoms with van der Waals surface area (Å²) in [5.41, 5.74) is -8.17. The van der Waals surface area contributed by atoms with Gasteiger partial charge in [-0.05, 0) is 18.6 Å². The number of hydrogen-bond donors (Lipinski definition) is 0. The number of hydrogen-bond acceptors (Lipinski definition) is 5. The smallest absolute Gasteiger partial charge is 0.441 e. The zero-order chi connectivity index (χ0) is 24.0. The molecule has 2 aliphatic rings. The molecule has 170 valence electrons. The number of anilines is 1. The molecule has 0 saturated heterocycles. The van der Waals surface area contributed by atoms with E-state index in [1.165, 1.54) is 6.92 Å². The molecular formula is C23H16F4N2O4. The first-order valence-electron chi connectivity index (χ1n) is 9.84. The van der Waals surface area contributed by atoms with Crippen molar-refractivity contribution in [2.75, 3.05) is 11.5 Å². The molecule has 0 aliphatic carbocycles. The van der Waals surface area contributed by atoms with Gasteiger partial charge in [0.25, 0.3) is 0 Å². The highest BCUT2D eigenvalue weighted by Gasteiger charge is 2.84. The van der Waals surface area contributed by atoms with E-state index >= 15 is 4.39 Å². The Morgan fingerprint density at radius 1 is 1.18 bits per heavy atom. The fourth-order valence-corrected chi connectivity index (χ4v) is 4.48. The lowest BCUT2D eigenvalue weighted by molar-refractivity contribution is -0.271. The van der Waals surface area contributed by atoms with E-state index in [0.717, 1.165) is 23.1 Å². The van der Waals surface area contributed by atoms with E-state index in [2.05, 4.69) is 0 Å². The Balaban J connectivity index is 2.06. The Hall–Kier alpha value is -3.87. The van der Waals surface area contributed by atoms with Gasteiger partial charge in [-0.1, -0.05) is 42.5 Å². The normalized spacial score (nSPS) is 23.7. The number of fused-ring (bicyclic) bond motifs is 2. The van der Waals surface area contributed by atoms with Gasteiger partial charge in [-0.2, -0.15) is 18.4 Å². The van der Waals surface area contributed by atoms with Gasteiger partial charge in [0.15, 0.2) is 5.41 Å². The number of halogens is 4. The largest absolute Gasteiger partial charge is 0.472 e. The summed E-state index contributed by atoms with van der Waals surface area (Å²) in [6, 6.07) is 12.9. The van der Waals surface area contributed by atoms with Crippen molar-refractivity contribution in [3.05, 3.63) is 77.3 Å². The second kappa shape index (κ2) is 7.62. The van der Waals surface area contributed by atoms with E-state index in [1.807, 2.05) is 0 Å². The molecule has 0 saturated carbocycles. The maximum absolute atomic E-state index is 15.0. The second-order valence-electron chi connectivity index (χ2n) is 7.42. The predicted octanol–water partition coefficient (Wildman–Crippen LogP) is 3.91. The van der Waals surface area contributed by atoms with Gasteiger partial charge in [0.2, 0.25) is 5.91 Å². The summed E-state index contributed by atoms with van der Waals surface area (Å²) >= 11 is 0. The number of nitrogens with zero attached hydrogens (tertiary/aromatic N) is 2. The van der Waals surface area contributed by atoms with Crippen molar-refractivity contribution >= 4 is 17.6 Å². The van der Waals surface area contributed by atoms with Gasteiger partial charge in [-0.3, -0.25) is 4.79 Å². The van der Waals surface area contributed by atoms with E-state index in [9.17, 15) is 28.0 Å². The van der Waals surface area contributed by atoms with Crippen molar-refractivity contribution in [3.8, 4) is 6.07 Å². The van der Waals surface area contributed by atoms with E-state index in [-0.39, 0.29) is 6.54 Å². The summed E-state index contributed by atoms with van der Waals surface area (Å²) in [4.78, 5) is 27.5. The van der Waals surface area contributed by atoms with Gasteiger partial charge in [-0.15, -0.1) is 0 Å². The minimum atomic E-state index is -5.50. The Bertz CT molecular complexity index is 1210. The van der Waals surface area contributed by atoms with Gasteiger partial charge >= 0.3 is 17.7 Å². The number of para-hydroxylation sites is 1. The lowest BCUT2D eigenvalue weighted by atomic mass is 9.64. The molecule has 2 aromatic carbocycles. The maximum atomic E-state index is 15.0. The molecule has 4 rings (SSSR count). The molecular weight excluding hydrogens is 444 g/mol. The number of benzene rings is 2. The van der Waals surface area contributed by atoms with Gasteiger partial charge in [-0.25, -0.2) is 9.18 Å². The van der Waals surface area contributed by atoms with Crippen LogP contribution in [0, 0.1) is 17.1 Å². The van der Waals surface area contributed by atoms with Gasteiger partial charge in [0, 0.05) is 5.56 Å². The van der Waals surface area contributed by atoms with Crippen LogP contribution in [0.15, 0.2) is 60.4 Å². The summed E-state index contributed by atoms with van der Waals surface area (Å²) in [5, 5.41) is 9.71. The van der Waals surface area contributed by atoms with Crippen molar-refractivity contribution < 1.29 is 36.6 Å². The van der Waals surface area contributed by atoms with Crippen LogP contribution >= 0.6 is 0 Å². The first kappa shape index (κ1) is 22.3. The van der Waals surface area contributed by atoms with Crippen LogP contribution < -0.4 is 4.90 Å². The highest BCUT2D eigenvalue weighted by atomic mass is 19.4. The number of alkyl halides is 3. The first-order chi connectivity index (χ1) is 15.7. The van der Waals surface area contributed by atoms with Crippen LogP contribution in [0.4, 0.5) is 23.2 Å². The second-order valence-corrected chi connectivity index (χ2v) is 7.42. The fourth-order valence-electron chi connectivity index (χ4n) is 4.48. The summed E-state index contributed by atoms with van der Waals surface area (Å²) in [5.74, 6) is -4.20. The lowest BCUT2D eigenvalue weighted by Gasteiger charge is -2.40. The molecule has 1 spiro atoms. The lowest BCUT2D eigenvalue weighted by Crippen LogP contribution is -2.68. The third-order valence-electron chi connectivity index (χ3n) is 5.78. The SMILES string of the molecule is CCOC(=O)[C@@]1(C(F)(F)F)OC=C(C#N)[C@]12C(=O)N(Cc1ccccc1)c1c(F)cccc12. The summed E-state index contributed by atoms with van der Waals surface area (Å²) < 4.78 is 68.7. The number of carbonyl (C=O) groups excluding carboxylic acids is 2. The Morgan fingerprint density at radius 3 is 2.48 bits per heavy atom. The Kier molecular flexibility index (Phi) is 5.16. The van der Waals surface area contributed by atoms with Crippen molar-refractivity contribution in [2.24, 2.45) is 0 Å². The molecule has 2 aromatic rings. The highest BCUT2D eigenvalue weighted by molar-refractivity contribution is 6.16. The van der Waals surface area contributed by atoms with Gasteiger partial charge < -0.3 is 14.4 Å². The first-order valence-corrected chi connectivity index (χ1v) is 9.84. The van der Waals surface area contributed by atoms with Crippen LogP contribution in [-0.4, -0.2) is 30.3 Å². The average Bonchev–Trinajstić information content (AvgIpc) is 3.26. The Morgan fingerprint density at radius 2 is 1.88 bits per heavy atom. The standard InChI is InChI=1S/C23H16F4N2O4/c1-2-32-20(31)22(23(25,26)27)21(15(11-28)13-33-22)16-9-6-10-17(24)18(16)29(19(21)30)12-14-7-4-3-5-8-14/h3-10,13H,2,12H2,1H3/t21-,22+/m0/s1. The molecule has 0 fully saturated rings. The molecule has 6 nitrogen and oxygen atoms in total. The summed E-state index contributed by atoms with van der Waals surface area (Å²) in [6.07, 6.45) is -5.07. The van der Waals surface area contributed by atoms with Crippen LogP contribution in [0.1, 0.15) is 18.1 Å². The third kappa shape index (κ3) is 2.78. The van der Waals surface area contributed by atoms with Crippen LogP contribution in [-0.2, 0) is 31.0 Å². The molecule has 0 bridgehead atoms. The molecule has 0 unspecified atom stereocenters. The van der Waals surface area contributed by atoms with E-state index in [1.54, 1.807) is 36.4 Å². The monoisotopic (exact) mass is 460 g/mol. The molecule has 0 aromatic heterocycles. The minimum Gasteiger partial charge on any atom is -0.472 e. The number of esters is 1. The van der Waals surface area contributed by atoms with Crippen LogP contribution in [0.5, 0.6) is 0 Å². The van der Waals surface area contributed by atoms with Crippen LogP contribution in [0.25, 0.3) is 0 Å². The fraction of sp³-hybridized carbons (Fsp3) is 0.261. The van der Waals surface area contributed by atoms with E-state index in [0.29, 0.717) is 11.8 Å². The average molecular weight is 460 g/mol. The molecule has 10 heteroatoms. The van der Waals surface area contributed by atoms with E-state index in [4.69, 9.17) is 9.47 Å². The van der Waals surface area contributed by atoms with Crippen LogP contribution in [0.3, 0.4) is 0 Å². The number of carbonyl (C=O) groups is 2. The predicted molar refractivity (Wildman–Crippen MR) is 106 cm³/mol. The van der Waals surface area contributed by atoms with Crippen molar-refractivity contribution in [1.29, 1.82) is 5.26 Å². The van der Waals surface area contributed by atoms with Crippen LogP contribution in [0.2, 0.25) is 0 Å². The number of amides is 1. The summed E-state index contributed by atoms with van der Waals surface area (Å²) in [6.45, 7) is 0.536. The number of ether oxygens (including phenoxy) is 2. The number of rotatable bonds is 4. The molecule has 0 radical (unpaired) electrons. The van der Waals surface area contributed by atoms with Gasteiger partial charge in [0.1, 0.15) is 12.1 Å². The molecule has 2 atom stereocenters. The Labute approximate surface area is 185 Å². The van der Waals surface area contributed by atoms with Crippen molar-refractivity contribution in [1.82, 2.24) is 0 Å². The minimum absolute atomic E-state index is 0.301.